The van der Waals surface area contributed by atoms with E-state index in [1.54, 1.807) is 25.2 Å². The van der Waals surface area contributed by atoms with Crippen LogP contribution in [-0.2, 0) is 10.2 Å². The van der Waals surface area contributed by atoms with Crippen LogP contribution in [0, 0.1) is 0 Å². The Hall–Kier alpha value is -1.10. The molecule has 1 N–H and O–H groups in total. The van der Waals surface area contributed by atoms with Crippen LogP contribution in [0.5, 0.6) is 0 Å². The molecule has 1 aromatic rings. The number of hydrogen-bond acceptors (Lipinski definition) is 4. The van der Waals surface area contributed by atoms with Crippen molar-refractivity contribution in [3.63, 3.8) is 0 Å². The zero-order valence-electron chi connectivity index (χ0n) is 10.4. The van der Waals surface area contributed by atoms with Gasteiger partial charge < -0.3 is 10.0 Å². The van der Waals surface area contributed by atoms with E-state index in [9.17, 15) is 9.90 Å². The third kappa shape index (κ3) is 2.29. The summed E-state index contributed by atoms with van der Waals surface area (Å²) in [6, 6.07) is 0.618. The summed E-state index contributed by atoms with van der Waals surface area (Å²) in [7, 11) is 0. The van der Waals surface area contributed by atoms with Gasteiger partial charge in [0.2, 0.25) is 0 Å². The number of rotatable bonds is 5. The number of carboxylic acids is 1. The lowest BCUT2D eigenvalue weighted by molar-refractivity contribution is -0.142. The fourth-order valence-electron chi connectivity index (χ4n) is 1.73. The van der Waals surface area contributed by atoms with Gasteiger partial charge in [-0.1, -0.05) is 0 Å². The lowest BCUT2D eigenvalue weighted by Gasteiger charge is -2.20. The lowest BCUT2D eigenvalue weighted by Crippen LogP contribution is -2.29. The Morgan fingerprint density at radius 2 is 2.29 bits per heavy atom. The van der Waals surface area contributed by atoms with Crippen LogP contribution >= 0.6 is 11.3 Å². The zero-order chi connectivity index (χ0) is 12.6. The maximum atomic E-state index is 11.2. The van der Waals surface area contributed by atoms with Crippen LogP contribution < -0.4 is 4.90 Å². The van der Waals surface area contributed by atoms with Crippen LogP contribution in [0.2, 0.25) is 0 Å². The fourth-order valence-corrected chi connectivity index (χ4v) is 2.86. The Morgan fingerprint density at radius 3 is 2.76 bits per heavy atom. The van der Waals surface area contributed by atoms with Crippen LogP contribution in [0.1, 0.15) is 39.3 Å². The first-order chi connectivity index (χ1) is 7.96. The molecule has 0 saturated heterocycles. The van der Waals surface area contributed by atoms with E-state index in [0.717, 1.165) is 11.7 Å². The molecule has 1 aromatic heterocycles. The molecule has 94 valence electrons. The zero-order valence-corrected chi connectivity index (χ0v) is 11.3. The largest absolute Gasteiger partial charge is 0.481 e. The molecule has 0 aromatic carbocycles. The molecule has 2 rings (SSSR count). The number of aromatic nitrogens is 1. The summed E-state index contributed by atoms with van der Waals surface area (Å²) in [6.45, 7) is 6.44. The van der Waals surface area contributed by atoms with E-state index in [-0.39, 0.29) is 0 Å². The minimum absolute atomic E-state index is 0.618. The second-order valence-corrected chi connectivity index (χ2v) is 5.80. The molecule has 0 atom stereocenters. The van der Waals surface area contributed by atoms with E-state index >= 15 is 0 Å². The first kappa shape index (κ1) is 12.4. The molecule has 0 aliphatic heterocycles. The minimum Gasteiger partial charge on any atom is -0.481 e. The average molecular weight is 254 g/mol. The summed E-state index contributed by atoms with van der Waals surface area (Å²) < 4.78 is 0. The van der Waals surface area contributed by atoms with Gasteiger partial charge in [0, 0.05) is 18.0 Å². The quantitative estimate of drug-likeness (QED) is 0.877. The van der Waals surface area contributed by atoms with Crippen molar-refractivity contribution in [1.82, 2.24) is 4.98 Å². The van der Waals surface area contributed by atoms with Gasteiger partial charge in [0.1, 0.15) is 5.41 Å². The maximum absolute atomic E-state index is 11.2. The summed E-state index contributed by atoms with van der Waals surface area (Å²) in [5.41, 5.74) is -0.248. The SMILES string of the molecule is CCN(c1nc(C(C)(C)C(=O)O)cs1)C1CC1. The number of carboxylic acid groups (broad SMARTS) is 1. The average Bonchev–Trinajstić information content (AvgIpc) is 2.96. The van der Waals surface area contributed by atoms with E-state index in [4.69, 9.17) is 0 Å². The molecule has 4 nitrogen and oxygen atoms in total. The summed E-state index contributed by atoms with van der Waals surface area (Å²) in [6.07, 6.45) is 2.45. The molecule has 0 unspecified atom stereocenters. The summed E-state index contributed by atoms with van der Waals surface area (Å²) in [5, 5.41) is 12.0. The van der Waals surface area contributed by atoms with Gasteiger partial charge in [-0.15, -0.1) is 11.3 Å². The smallest absolute Gasteiger partial charge is 0.315 e. The van der Waals surface area contributed by atoms with Gasteiger partial charge in [-0.05, 0) is 33.6 Å². The van der Waals surface area contributed by atoms with Gasteiger partial charge in [0.05, 0.1) is 5.69 Å². The molecular weight excluding hydrogens is 236 g/mol. The Kier molecular flexibility index (Phi) is 3.12. The van der Waals surface area contributed by atoms with Crippen molar-refractivity contribution in [2.45, 2.75) is 45.1 Å². The highest BCUT2D eigenvalue weighted by Crippen LogP contribution is 2.35. The Morgan fingerprint density at radius 1 is 1.65 bits per heavy atom. The summed E-state index contributed by atoms with van der Waals surface area (Å²) >= 11 is 1.55. The second kappa shape index (κ2) is 4.29. The maximum Gasteiger partial charge on any atom is 0.315 e. The van der Waals surface area contributed by atoms with Gasteiger partial charge >= 0.3 is 5.97 Å². The number of anilines is 1. The van der Waals surface area contributed by atoms with Gasteiger partial charge in [-0.3, -0.25) is 4.79 Å². The Bertz CT molecular complexity index is 424. The van der Waals surface area contributed by atoms with Crippen molar-refractivity contribution in [2.75, 3.05) is 11.4 Å². The molecule has 1 aliphatic carbocycles. The third-order valence-electron chi connectivity index (χ3n) is 3.24. The van der Waals surface area contributed by atoms with Crippen LogP contribution in [0.4, 0.5) is 5.13 Å². The lowest BCUT2D eigenvalue weighted by atomic mass is 9.90. The molecule has 17 heavy (non-hydrogen) atoms. The standard InChI is InChI=1S/C12H18N2O2S/c1-4-14(8-5-6-8)11-13-9(7-17-11)12(2,3)10(15)16/h7-8H,4-6H2,1-3H3,(H,15,16). The number of aliphatic carboxylic acids is 1. The van der Waals surface area contributed by atoms with Crippen molar-refractivity contribution < 1.29 is 9.90 Å². The third-order valence-corrected chi connectivity index (χ3v) is 4.12. The first-order valence-corrected chi connectivity index (χ1v) is 6.80. The summed E-state index contributed by atoms with van der Waals surface area (Å²) in [4.78, 5) is 17.9. The van der Waals surface area contributed by atoms with Crippen LogP contribution in [0.15, 0.2) is 5.38 Å². The molecule has 0 amide bonds. The van der Waals surface area contributed by atoms with Crippen LogP contribution in [0.25, 0.3) is 0 Å². The van der Waals surface area contributed by atoms with Crippen molar-refractivity contribution in [3.05, 3.63) is 11.1 Å². The highest BCUT2D eigenvalue weighted by molar-refractivity contribution is 7.13. The Labute approximate surface area is 105 Å². The van der Waals surface area contributed by atoms with E-state index in [1.807, 2.05) is 5.38 Å². The van der Waals surface area contributed by atoms with E-state index in [0.29, 0.717) is 11.7 Å². The van der Waals surface area contributed by atoms with E-state index in [2.05, 4.69) is 16.8 Å². The van der Waals surface area contributed by atoms with Gasteiger partial charge in [-0.2, -0.15) is 0 Å². The van der Waals surface area contributed by atoms with Gasteiger partial charge in [0.25, 0.3) is 0 Å². The van der Waals surface area contributed by atoms with Crippen LogP contribution in [-0.4, -0.2) is 28.6 Å². The van der Waals surface area contributed by atoms with Crippen LogP contribution in [0.3, 0.4) is 0 Å². The summed E-state index contributed by atoms with van der Waals surface area (Å²) in [5.74, 6) is -0.830. The fraction of sp³-hybridized carbons (Fsp3) is 0.667. The highest BCUT2D eigenvalue weighted by atomic mass is 32.1. The number of thiazole rings is 1. The van der Waals surface area contributed by atoms with Crippen molar-refractivity contribution >= 4 is 22.4 Å². The van der Waals surface area contributed by atoms with Crippen molar-refractivity contribution in [2.24, 2.45) is 0 Å². The molecule has 0 spiro atoms. The van der Waals surface area contributed by atoms with E-state index in [1.165, 1.54) is 12.8 Å². The predicted molar refractivity (Wildman–Crippen MR) is 68.8 cm³/mol. The highest BCUT2D eigenvalue weighted by Gasteiger charge is 2.34. The Balaban J connectivity index is 2.23. The van der Waals surface area contributed by atoms with Gasteiger partial charge in [-0.25, -0.2) is 4.98 Å². The number of nitrogens with zero attached hydrogens (tertiary/aromatic N) is 2. The van der Waals surface area contributed by atoms with Gasteiger partial charge in [0.15, 0.2) is 5.13 Å². The molecule has 1 saturated carbocycles. The van der Waals surface area contributed by atoms with E-state index < -0.39 is 11.4 Å². The molecule has 1 fully saturated rings. The molecular formula is C12H18N2O2S. The molecule has 0 bridgehead atoms. The monoisotopic (exact) mass is 254 g/mol. The number of carbonyl (C=O) groups is 1. The normalized spacial score (nSPS) is 15.9. The topological polar surface area (TPSA) is 53.4 Å². The minimum atomic E-state index is -0.905. The van der Waals surface area contributed by atoms with Crippen molar-refractivity contribution in [1.29, 1.82) is 0 Å². The molecule has 0 radical (unpaired) electrons. The first-order valence-electron chi connectivity index (χ1n) is 5.93. The number of hydrogen-bond donors (Lipinski definition) is 1. The second-order valence-electron chi connectivity index (χ2n) is 4.96. The predicted octanol–water partition coefficient (Wildman–Crippen LogP) is 2.49. The molecule has 1 heterocycles. The molecule has 5 heteroatoms. The molecule has 1 aliphatic rings. The van der Waals surface area contributed by atoms with Crippen molar-refractivity contribution in [3.8, 4) is 0 Å².